The van der Waals surface area contributed by atoms with Crippen LogP contribution in [0.2, 0.25) is 0 Å². The molecule has 116 valence electrons. The summed E-state index contributed by atoms with van der Waals surface area (Å²) < 4.78 is 28.0. The number of hydrogen-bond donors (Lipinski definition) is 1. The van der Waals surface area contributed by atoms with Crippen molar-refractivity contribution in [2.45, 2.75) is 6.92 Å². The van der Waals surface area contributed by atoms with Gasteiger partial charge in [0, 0.05) is 11.8 Å². The molecule has 0 atom stereocenters. The Balaban J connectivity index is 1.83. The number of carbonyl (C=O) groups excluding carboxylic acids is 1. The van der Waals surface area contributed by atoms with Gasteiger partial charge in [-0.3, -0.25) is 4.79 Å². The van der Waals surface area contributed by atoms with Gasteiger partial charge in [-0.15, -0.1) is 5.10 Å². The Kier molecular flexibility index (Phi) is 3.80. The average Bonchev–Trinajstić information content (AvgIpc) is 3.01. The van der Waals surface area contributed by atoms with Crippen LogP contribution in [-0.2, 0) is 0 Å². The number of halogens is 2. The Morgan fingerprint density at radius 1 is 1.17 bits per heavy atom. The van der Waals surface area contributed by atoms with Gasteiger partial charge in [0.1, 0.15) is 18.0 Å². The van der Waals surface area contributed by atoms with Gasteiger partial charge in [-0.25, -0.2) is 13.5 Å². The summed E-state index contributed by atoms with van der Waals surface area (Å²) in [7, 11) is 0. The van der Waals surface area contributed by atoms with Crippen LogP contribution in [0.5, 0.6) is 0 Å². The van der Waals surface area contributed by atoms with Crippen molar-refractivity contribution in [2.24, 2.45) is 0 Å². The molecule has 1 N–H and O–H groups in total. The fraction of sp³-hybridized carbons (Fsp3) is 0.0667. The Morgan fingerprint density at radius 3 is 2.65 bits per heavy atom. The Labute approximate surface area is 129 Å². The van der Waals surface area contributed by atoms with Crippen molar-refractivity contribution in [1.29, 1.82) is 0 Å². The van der Waals surface area contributed by atoms with E-state index in [0.717, 1.165) is 23.4 Å². The number of anilines is 1. The quantitative estimate of drug-likeness (QED) is 0.806. The second-order valence-electron chi connectivity index (χ2n) is 4.83. The second kappa shape index (κ2) is 5.91. The number of carbonyl (C=O) groups is 1. The highest BCUT2D eigenvalue weighted by atomic mass is 19.1. The first-order chi connectivity index (χ1) is 11.0. The zero-order valence-electron chi connectivity index (χ0n) is 12.0. The summed E-state index contributed by atoms with van der Waals surface area (Å²) in [4.78, 5) is 12.1. The number of rotatable bonds is 3. The van der Waals surface area contributed by atoms with E-state index < -0.39 is 17.5 Å². The molecule has 0 spiro atoms. The summed E-state index contributed by atoms with van der Waals surface area (Å²) in [6.07, 6.45) is 1.45. The van der Waals surface area contributed by atoms with Crippen molar-refractivity contribution >= 4 is 11.6 Å². The van der Waals surface area contributed by atoms with Gasteiger partial charge in [-0.05, 0) is 53.2 Å². The molecule has 0 fully saturated rings. The lowest BCUT2D eigenvalue weighted by atomic mass is 10.1. The molecule has 0 aliphatic carbocycles. The molecule has 0 bridgehead atoms. The molecular weight excluding hydrogens is 304 g/mol. The van der Waals surface area contributed by atoms with E-state index in [9.17, 15) is 13.6 Å². The molecule has 0 unspecified atom stereocenters. The third kappa shape index (κ3) is 3.05. The van der Waals surface area contributed by atoms with Crippen LogP contribution in [0.1, 0.15) is 15.9 Å². The molecule has 1 aromatic heterocycles. The highest BCUT2D eigenvalue weighted by Gasteiger charge is 2.13. The SMILES string of the molecule is Cc1cc(NC(=O)c2ccc(F)cc2F)ccc1-n1cnnn1. The van der Waals surface area contributed by atoms with Gasteiger partial charge < -0.3 is 5.32 Å². The summed E-state index contributed by atoms with van der Waals surface area (Å²) in [5.41, 5.74) is 1.82. The first-order valence-corrected chi connectivity index (χ1v) is 6.65. The van der Waals surface area contributed by atoms with Crippen LogP contribution in [0.15, 0.2) is 42.7 Å². The molecule has 1 amide bonds. The summed E-state index contributed by atoms with van der Waals surface area (Å²) in [5.74, 6) is -2.30. The fourth-order valence-electron chi connectivity index (χ4n) is 2.13. The Hall–Kier alpha value is -3.16. The monoisotopic (exact) mass is 315 g/mol. The van der Waals surface area contributed by atoms with E-state index >= 15 is 0 Å². The van der Waals surface area contributed by atoms with Crippen LogP contribution in [-0.4, -0.2) is 26.1 Å². The van der Waals surface area contributed by atoms with E-state index in [1.807, 2.05) is 6.92 Å². The van der Waals surface area contributed by atoms with E-state index in [1.54, 1.807) is 18.2 Å². The minimum absolute atomic E-state index is 0.228. The van der Waals surface area contributed by atoms with E-state index in [0.29, 0.717) is 11.8 Å². The lowest BCUT2D eigenvalue weighted by Gasteiger charge is -2.09. The molecule has 1 heterocycles. The van der Waals surface area contributed by atoms with Crippen molar-refractivity contribution in [3.8, 4) is 5.69 Å². The number of nitrogens with zero attached hydrogens (tertiary/aromatic N) is 4. The molecule has 2 aromatic carbocycles. The van der Waals surface area contributed by atoms with Crippen LogP contribution in [0.3, 0.4) is 0 Å². The minimum atomic E-state index is -0.912. The maximum Gasteiger partial charge on any atom is 0.258 e. The molecule has 3 rings (SSSR count). The smallest absolute Gasteiger partial charge is 0.258 e. The van der Waals surface area contributed by atoms with Crippen molar-refractivity contribution < 1.29 is 13.6 Å². The van der Waals surface area contributed by atoms with E-state index in [2.05, 4.69) is 20.8 Å². The zero-order chi connectivity index (χ0) is 16.4. The first kappa shape index (κ1) is 14.8. The maximum absolute atomic E-state index is 13.6. The number of hydrogen-bond acceptors (Lipinski definition) is 4. The molecule has 0 saturated carbocycles. The third-order valence-corrected chi connectivity index (χ3v) is 3.23. The van der Waals surface area contributed by atoms with E-state index in [1.165, 1.54) is 11.0 Å². The molecule has 8 heteroatoms. The van der Waals surface area contributed by atoms with Gasteiger partial charge in [-0.1, -0.05) is 0 Å². The maximum atomic E-state index is 13.6. The highest BCUT2D eigenvalue weighted by Crippen LogP contribution is 2.19. The highest BCUT2D eigenvalue weighted by molar-refractivity contribution is 6.04. The van der Waals surface area contributed by atoms with Crippen LogP contribution in [0, 0.1) is 18.6 Å². The number of aromatic nitrogens is 4. The normalized spacial score (nSPS) is 10.6. The van der Waals surface area contributed by atoms with Gasteiger partial charge in [0.05, 0.1) is 11.3 Å². The molecule has 0 aliphatic rings. The summed E-state index contributed by atoms with van der Waals surface area (Å²) in [5, 5.41) is 13.5. The van der Waals surface area contributed by atoms with Crippen molar-refractivity contribution in [3.63, 3.8) is 0 Å². The lowest BCUT2D eigenvalue weighted by molar-refractivity contribution is 0.102. The van der Waals surface area contributed by atoms with Gasteiger partial charge in [0.15, 0.2) is 0 Å². The van der Waals surface area contributed by atoms with E-state index in [4.69, 9.17) is 0 Å². The lowest BCUT2D eigenvalue weighted by Crippen LogP contribution is -2.14. The molecule has 0 aliphatic heterocycles. The number of tetrazole rings is 1. The average molecular weight is 315 g/mol. The zero-order valence-corrected chi connectivity index (χ0v) is 12.0. The van der Waals surface area contributed by atoms with Gasteiger partial charge in [-0.2, -0.15) is 0 Å². The molecule has 0 saturated heterocycles. The third-order valence-electron chi connectivity index (χ3n) is 3.23. The molecular formula is C15H11F2N5O. The standard InChI is InChI=1S/C15H11F2N5O/c1-9-6-11(3-5-14(9)22-8-18-20-21-22)19-15(23)12-4-2-10(16)7-13(12)17/h2-8H,1H3,(H,19,23). The second-order valence-corrected chi connectivity index (χ2v) is 4.83. The number of amides is 1. The number of nitrogens with one attached hydrogen (secondary N) is 1. The Morgan fingerprint density at radius 2 is 2.00 bits per heavy atom. The minimum Gasteiger partial charge on any atom is -0.322 e. The van der Waals surface area contributed by atoms with Crippen molar-refractivity contribution in [3.05, 3.63) is 65.5 Å². The molecule has 6 nitrogen and oxygen atoms in total. The predicted octanol–water partition coefficient (Wildman–Crippen LogP) is 2.50. The number of benzene rings is 2. The number of aryl methyl sites for hydroxylation is 1. The topological polar surface area (TPSA) is 72.7 Å². The summed E-state index contributed by atoms with van der Waals surface area (Å²) in [6.45, 7) is 1.82. The van der Waals surface area contributed by atoms with Gasteiger partial charge in [0.25, 0.3) is 5.91 Å². The van der Waals surface area contributed by atoms with Crippen LogP contribution in [0.25, 0.3) is 5.69 Å². The first-order valence-electron chi connectivity index (χ1n) is 6.65. The van der Waals surface area contributed by atoms with E-state index in [-0.39, 0.29) is 5.56 Å². The van der Waals surface area contributed by atoms with Gasteiger partial charge in [0.2, 0.25) is 0 Å². The van der Waals surface area contributed by atoms with Crippen LogP contribution < -0.4 is 5.32 Å². The molecule has 3 aromatic rings. The van der Waals surface area contributed by atoms with Crippen LogP contribution in [0.4, 0.5) is 14.5 Å². The summed E-state index contributed by atoms with van der Waals surface area (Å²) in [6, 6.07) is 7.87. The summed E-state index contributed by atoms with van der Waals surface area (Å²) >= 11 is 0. The molecule has 0 radical (unpaired) electrons. The molecule has 23 heavy (non-hydrogen) atoms. The van der Waals surface area contributed by atoms with Crippen LogP contribution >= 0.6 is 0 Å². The predicted molar refractivity (Wildman–Crippen MR) is 78.2 cm³/mol. The fourth-order valence-corrected chi connectivity index (χ4v) is 2.13. The Bertz CT molecular complexity index is 864. The largest absolute Gasteiger partial charge is 0.322 e. The van der Waals surface area contributed by atoms with Gasteiger partial charge >= 0.3 is 0 Å². The van der Waals surface area contributed by atoms with Crippen molar-refractivity contribution in [2.75, 3.05) is 5.32 Å². The van der Waals surface area contributed by atoms with Crippen molar-refractivity contribution in [1.82, 2.24) is 20.2 Å².